The second kappa shape index (κ2) is 13.6. The van der Waals surface area contributed by atoms with Crippen molar-refractivity contribution in [2.75, 3.05) is 30.1 Å². The van der Waals surface area contributed by atoms with Gasteiger partial charge in [-0.1, -0.05) is 87.5 Å². The summed E-state index contributed by atoms with van der Waals surface area (Å²) in [7, 11) is 1.65. The predicted octanol–water partition coefficient (Wildman–Crippen LogP) is 7.88. The number of carbonyl (C=O) groups is 3. The quantitative estimate of drug-likeness (QED) is 0.165. The minimum absolute atomic E-state index is 0.0620. The number of ether oxygens (including phenoxy) is 2. The maximum absolute atomic E-state index is 15.3. The van der Waals surface area contributed by atoms with Crippen molar-refractivity contribution in [3.63, 3.8) is 0 Å². The molecule has 0 bridgehead atoms. The summed E-state index contributed by atoms with van der Waals surface area (Å²) in [6.07, 6.45) is 1.13. The highest BCUT2D eigenvalue weighted by Crippen LogP contribution is 2.60. The first-order chi connectivity index (χ1) is 27.1. The number of carbonyl (C=O) groups excluding carboxylic acids is 3. The Labute approximate surface area is 327 Å². The van der Waals surface area contributed by atoms with E-state index in [1.807, 2.05) is 102 Å². The second-order valence-corrected chi connectivity index (χ2v) is 16.3. The monoisotopic (exact) mass is 749 g/mol. The number of amides is 3. The zero-order chi connectivity index (χ0) is 38.9. The number of hydrogen-bond donors (Lipinski definition) is 1. The molecule has 0 radical (unpaired) electrons. The Bertz CT molecular complexity index is 2370. The maximum atomic E-state index is 15.3. The van der Waals surface area contributed by atoms with Crippen molar-refractivity contribution < 1.29 is 29.0 Å². The van der Waals surface area contributed by atoms with Gasteiger partial charge in [-0.05, 0) is 77.2 Å². The summed E-state index contributed by atoms with van der Waals surface area (Å²) >= 11 is 0. The molecule has 4 aliphatic heterocycles. The smallest absolute Gasteiger partial charge is 0.264 e. The third-order valence-corrected chi connectivity index (χ3v) is 13.1. The van der Waals surface area contributed by atoms with Gasteiger partial charge in [0.15, 0.2) is 5.60 Å². The van der Waals surface area contributed by atoms with Crippen molar-refractivity contribution in [2.45, 2.75) is 69.7 Å². The first kappa shape index (κ1) is 36.1. The number of rotatable bonds is 9. The molecule has 286 valence electrons. The third-order valence-electron chi connectivity index (χ3n) is 13.1. The summed E-state index contributed by atoms with van der Waals surface area (Å²) in [5.74, 6) is -0.104. The molecule has 56 heavy (non-hydrogen) atoms. The summed E-state index contributed by atoms with van der Waals surface area (Å²) in [6, 6.07) is 35.3. The van der Waals surface area contributed by atoms with Gasteiger partial charge in [0, 0.05) is 35.0 Å². The standard InChI is InChI=1S/C47H47N3O6/c1-29-43(46(2,3)32-20-22-35(55-4)23-21-32)40(26-41(52)48-24-10-15-34(48)28-51)56-47(29)37-17-5-6-18-38(37)49(45(47)54)27-30-11-7-14-33(25-30)50-39-19-9-13-31-12-8-16-36(42(31)39)44(50)53/h5-9,11-14,16-23,25,29,34,40,43,51H,10,15,24,26-28H2,1-4H3/t29-,34+,40+,43-,47+/m1/s1. The third kappa shape index (κ3) is 5.39. The lowest BCUT2D eigenvalue weighted by atomic mass is 9.63. The van der Waals surface area contributed by atoms with Crippen molar-refractivity contribution in [1.82, 2.24) is 4.90 Å². The van der Waals surface area contributed by atoms with Crippen LogP contribution in [0, 0.1) is 11.8 Å². The largest absolute Gasteiger partial charge is 0.497 e. The molecular weight excluding hydrogens is 703 g/mol. The highest BCUT2D eigenvalue weighted by Gasteiger charge is 2.66. The molecule has 5 aromatic rings. The average Bonchev–Trinajstić information content (AvgIpc) is 3.95. The Kier molecular flexibility index (Phi) is 8.78. The molecule has 0 saturated carbocycles. The summed E-state index contributed by atoms with van der Waals surface area (Å²) in [5.41, 5.74) is 3.91. The van der Waals surface area contributed by atoms with Crippen molar-refractivity contribution in [1.29, 1.82) is 0 Å². The van der Waals surface area contributed by atoms with Crippen LogP contribution in [0.1, 0.15) is 67.1 Å². The van der Waals surface area contributed by atoms with Crippen molar-refractivity contribution in [3.8, 4) is 5.75 Å². The maximum Gasteiger partial charge on any atom is 0.264 e. The second-order valence-electron chi connectivity index (χ2n) is 16.3. The van der Waals surface area contributed by atoms with E-state index in [1.54, 1.807) is 16.9 Å². The SMILES string of the molecule is COc1ccc(C(C)(C)[C@H]2[C@H](CC(=O)N3CCC[C@H]3CO)O[C@@]3(C(=O)N(Cc4cccc(N5C(=O)c6cccc7cccc5c67)c4)c4ccccc43)[C@@H]2C)cc1. The number of anilines is 3. The van der Waals surface area contributed by atoms with E-state index >= 15 is 4.79 Å². The fraction of sp³-hybridized carbons (Fsp3) is 0.340. The van der Waals surface area contributed by atoms with Gasteiger partial charge in [0.05, 0.1) is 55.8 Å². The number of aliphatic hydroxyl groups excluding tert-OH is 1. The summed E-state index contributed by atoms with van der Waals surface area (Å²) in [5, 5.41) is 12.0. The van der Waals surface area contributed by atoms with Crippen LogP contribution in [-0.4, -0.2) is 60.1 Å². The van der Waals surface area contributed by atoms with E-state index in [1.165, 1.54) is 0 Å². The Morgan fingerprint density at radius 2 is 1.66 bits per heavy atom. The minimum atomic E-state index is -1.34. The van der Waals surface area contributed by atoms with E-state index < -0.39 is 17.1 Å². The van der Waals surface area contributed by atoms with E-state index in [0.717, 1.165) is 63.1 Å². The van der Waals surface area contributed by atoms with Crippen LogP contribution in [0.25, 0.3) is 10.8 Å². The number of fused-ring (bicyclic) bond motifs is 2. The zero-order valence-electron chi connectivity index (χ0n) is 32.3. The average molecular weight is 750 g/mol. The number of methoxy groups -OCH3 is 1. The molecule has 0 aliphatic carbocycles. The van der Waals surface area contributed by atoms with Gasteiger partial charge in [-0.25, -0.2) is 0 Å². The van der Waals surface area contributed by atoms with Gasteiger partial charge in [-0.15, -0.1) is 0 Å². The zero-order valence-corrected chi connectivity index (χ0v) is 32.3. The molecule has 2 fully saturated rings. The highest BCUT2D eigenvalue weighted by atomic mass is 16.5. The molecule has 1 N–H and O–H groups in total. The van der Waals surface area contributed by atoms with Crippen LogP contribution in [0.15, 0.2) is 109 Å². The Morgan fingerprint density at radius 3 is 2.43 bits per heavy atom. The van der Waals surface area contributed by atoms with Crippen molar-refractivity contribution >= 4 is 45.6 Å². The number of nitrogens with zero attached hydrogens (tertiary/aromatic N) is 3. The summed E-state index contributed by atoms with van der Waals surface area (Å²) in [4.78, 5) is 48.6. The van der Waals surface area contributed by atoms with Gasteiger partial charge in [-0.3, -0.25) is 19.3 Å². The highest BCUT2D eigenvalue weighted by molar-refractivity contribution is 6.27. The summed E-state index contributed by atoms with van der Waals surface area (Å²) < 4.78 is 12.7. The van der Waals surface area contributed by atoms with Crippen LogP contribution in [0.4, 0.5) is 17.1 Å². The van der Waals surface area contributed by atoms with Gasteiger partial charge in [0.25, 0.3) is 11.8 Å². The van der Waals surface area contributed by atoms with Crippen LogP contribution in [-0.2, 0) is 31.9 Å². The van der Waals surface area contributed by atoms with Crippen molar-refractivity contribution in [3.05, 3.63) is 131 Å². The fourth-order valence-corrected chi connectivity index (χ4v) is 10.4. The molecule has 9 heteroatoms. The molecule has 1 spiro atoms. The van der Waals surface area contributed by atoms with Gasteiger partial charge in [0.1, 0.15) is 5.75 Å². The Hall–Kier alpha value is -5.51. The van der Waals surface area contributed by atoms with Gasteiger partial charge >= 0.3 is 0 Å². The predicted molar refractivity (Wildman–Crippen MR) is 216 cm³/mol. The lowest BCUT2D eigenvalue weighted by Gasteiger charge is -2.39. The number of aliphatic hydroxyl groups is 1. The number of likely N-dealkylation sites (tertiary alicyclic amines) is 1. The van der Waals surface area contributed by atoms with Gasteiger partial charge in [-0.2, -0.15) is 0 Å². The fourth-order valence-electron chi connectivity index (χ4n) is 10.4. The molecule has 5 atom stereocenters. The first-order valence-electron chi connectivity index (χ1n) is 19.7. The Balaban J connectivity index is 1.08. The van der Waals surface area contributed by atoms with Crippen LogP contribution in [0.2, 0.25) is 0 Å². The van der Waals surface area contributed by atoms with E-state index in [-0.39, 0.29) is 55.2 Å². The molecule has 9 rings (SSSR count). The molecule has 3 amide bonds. The molecule has 2 saturated heterocycles. The van der Waals surface area contributed by atoms with Crippen LogP contribution >= 0.6 is 0 Å². The van der Waals surface area contributed by atoms with Crippen LogP contribution in [0.3, 0.4) is 0 Å². The molecule has 5 aromatic carbocycles. The first-order valence-corrected chi connectivity index (χ1v) is 19.7. The van der Waals surface area contributed by atoms with Gasteiger partial charge < -0.3 is 24.4 Å². The molecule has 0 aromatic heterocycles. The topological polar surface area (TPSA) is 99.6 Å². The lowest BCUT2D eigenvalue weighted by Crippen LogP contribution is -2.45. The van der Waals surface area contributed by atoms with Crippen LogP contribution in [0.5, 0.6) is 5.75 Å². The number of hydrogen-bond acceptors (Lipinski definition) is 6. The molecule has 0 unspecified atom stereocenters. The number of para-hydroxylation sites is 1. The van der Waals surface area contributed by atoms with Gasteiger partial charge in [0.2, 0.25) is 5.91 Å². The normalized spacial score (nSPS) is 24.2. The Morgan fingerprint density at radius 1 is 0.929 bits per heavy atom. The van der Waals surface area contributed by atoms with E-state index in [0.29, 0.717) is 12.1 Å². The molecular formula is C47H47N3O6. The number of benzene rings is 5. The van der Waals surface area contributed by atoms with E-state index in [4.69, 9.17) is 9.47 Å². The lowest BCUT2D eigenvalue weighted by molar-refractivity contribution is -0.150. The van der Waals surface area contributed by atoms with Crippen LogP contribution < -0.4 is 14.5 Å². The molecule has 9 nitrogen and oxygen atoms in total. The van der Waals surface area contributed by atoms with Crippen molar-refractivity contribution in [2.24, 2.45) is 11.8 Å². The molecule has 4 heterocycles. The molecule has 4 aliphatic rings. The minimum Gasteiger partial charge on any atom is -0.497 e. The van der Waals surface area contributed by atoms with E-state index in [2.05, 4.69) is 32.9 Å². The summed E-state index contributed by atoms with van der Waals surface area (Å²) in [6.45, 7) is 7.24. The van der Waals surface area contributed by atoms with E-state index in [9.17, 15) is 14.7 Å².